The van der Waals surface area contributed by atoms with E-state index in [1.54, 1.807) is 31.3 Å². The molecule has 4 nitrogen and oxygen atoms in total. The summed E-state index contributed by atoms with van der Waals surface area (Å²) in [5.74, 6) is -0.0151. The zero-order valence-corrected chi connectivity index (χ0v) is 16.0. The van der Waals surface area contributed by atoms with Gasteiger partial charge in [-0.05, 0) is 53.9 Å². The average molecular weight is 379 g/mol. The second-order valence-electron chi connectivity index (χ2n) is 6.09. The summed E-state index contributed by atoms with van der Waals surface area (Å²) in [5, 5.41) is 8.90. The third-order valence-electron chi connectivity index (χ3n) is 4.39. The molecule has 1 unspecified atom stereocenters. The summed E-state index contributed by atoms with van der Waals surface area (Å²) < 4.78 is 5.20. The molecule has 0 heterocycles. The fourth-order valence-corrected chi connectivity index (χ4v) is 3.83. The van der Waals surface area contributed by atoms with Gasteiger partial charge < -0.3 is 4.74 Å². The number of rotatable bonds is 6. The van der Waals surface area contributed by atoms with Crippen molar-refractivity contribution >= 4 is 17.7 Å². The SMILES string of the molecule is COc1ccc(-c2ccc(Sc3ccccc3C(C)C(=O)NO)cc2)cc1. The molecular formula is C22H21NO3S. The number of nitrogens with one attached hydrogen (secondary N) is 1. The highest BCUT2D eigenvalue weighted by atomic mass is 32.2. The minimum absolute atomic E-state index is 0.419. The quantitative estimate of drug-likeness (QED) is 0.461. The van der Waals surface area contributed by atoms with Gasteiger partial charge in [0, 0.05) is 9.79 Å². The normalized spacial score (nSPS) is 11.7. The average Bonchev–Trinajstić information content (AvgIpc) is 2.73. The Labute approximate surface area is 163 Å². The Balaban J connectivity index is 1.80. The van der Waals surface area contributed by atoms with Gasteiger partial charge in [-0.3, -0.25) is 10.0 Å². The van der Waals surface area contributed by atoms with Gasteiger partial charge in [-0.2, -0.15) is 0 Å². The maximum Gasteiger partial charge on any atom is 0.250 e. The van der Waals surface area contributed by atoms with Crippen LogP contribution in [0.4, 0.5) is 0 Å². The van der Waals surface area contributed by atoms with Gasteiger partial charge in [0.05, 0.1) is 13.0 Å². The van der Waals surface area contributed by atoms with E-state index in [1.807, 2.05) is 48.5 Å². The van der Waals surface area contributed by atoms with E-state index in [0.717, 1.165) is 32.2 Å². The molecule has 1 amide bonds. The molecule has 0 saturated carbocycles. The van der Waals surface area contributed by atoms with Crippen LogP contribution in [-0.4, -0.2) is 18.2 Å². The van der Waals surface area contributed by atoms with Crippen molar-refractivity contribution in [3.8, 4) is 16.9 Å². The van der Waals surface area contributed by atoms with Crippen LogP contribution in [-0.2, 0) is 4.79 Å². The topological polar surface area (TPSA) is 58.6 Å². The maximum atomic E-state index is 11.8. The van der Waals surface area contributed by atoms with Crippen LogP contribution in [0.25, 0.3) is 11.1 Å². The van der Waals surface area contributed by atoms with Crippen molar-refractivity contribution in [3.63, 3.8) is 0 Å². The van der Waals surface area contributed by atoms with E-state index >= 15 is 0 Å². The third-order valence-corrected chi connectivity index (χ3v) is 5.49. The van der Waals surface area contributed by atoms with Gasteiger partial charge in [0.1, 0.15) is 5.75 Å². The molecule has 0 radical (unpaired) electrons. The Hall–Kier alpha value is -2.76. The van der Waals surface area contributed by atoms with Gasteiger partial charge in [-0.25, -0.2) is 5.48 Å². The van der Waals surface area contributed by atoms with Gasteiger partial charge in [0.25, 0.3) is 5.91 Å². The zero-order valence-electron chi connectivity index (χ0n) is 15.2. The van der Waals surface area contributed by atoms with Crippen LogP contribution < -0.4 is 10.2 Å². The molecular weight excluding hydrogens is 358 g/mol. The Bertz CT molecular complexity index is 908. The van der Waals surface area contributed by atoms with Crippen molar-refractivity contribution in [1.82, 2.24) is 5.48 Å². The van der Waals surface area contributed by atoms with Gasteiger partial charge in [0.15, 0.2) is 0 Å². The Morgan fingerprint density at radius 3 is 2.15 bits per heavy atom. The molecule has 0 aliphatic heterocycles. The first-order chi connectivity index (χ1) is 13.1. The summed E-state index contributed by atoms with van der Waals surface area (Å²) in [6.45, 7) is 1.78. The number of carbonyl (C=O) groups is 1. The predicted octanol–water partition coefficient (Wildman–Crippen LogP) is 5.12. The van der Waals surface area contributed by atoms with Gasteiger partial charge in [-0.1, -0.05) is 54.2 Å². The smallest absolute Gasteiger partial charge is 0.250 e. The van der Waals surface area contributed by atoms with Crippen molar-refractivity contribution in [1.29, 1.82) is 0 Å². The van der Waals surface area contributed by atoms with Crippen LogP contribution in [0.5, 0.6) is 5.75 Å². The van der Waals surface area contributed by atoms with E-state index in [-0.39, 0.29) is 0 Å². The molecule has 138 valence electrons. The van der Waals surface area contributed by atoms with Crippen LogP contribution in [0.2, 0.25) is 0 Å². The first-order valence-corrected chi connectivity index (χ1v) is 9.39. The molecule has 0 fully saturated rings. The van der Waals surface area contributed by atoms with Crippen molar-refractivity contribution in [2.45, 2.75) is 22.6 Å². The fraction of sp³-hybridized carbons (Fsp3) is 0.136. The molecule has 5 heteroatoms. The largest absolute Gasteiger partial charge is 0.497 e. The summed E-state index contributed by atoms with van der Waals surface area (Å²) in [5.41, 5.74) is 4.87. The molecule has 0 aromatic heterocycles. The molecule has 3 aromatic rings. The van der Waals surface area contributed by atoms with Crippen molar-refractivity contribution in [2.24, 2.45) is 0 Å². The lowest BCUT2D eigenvalue weighted by Crippen LogP contribution is -2.24. The second kappa shape index (κ2) is 8.75. The zero-order chi connectivity index (χ0) is 19.2. The summed E-state index contributed by atoms with van der Waals surface area (Å²) >= 11 is 1.60. The number of ether oxygens (including phenoxy) is 1. The van der Waals surface area contributed by atoms with Crippen molar-refractivity contribution < 1.29 is 14.7 Å². The lowest BCUT2D eigenvalue weighted by atomic mass is 10.0. The molecule has 1 atom stereocenters. The number of hydrogen-bond donors (Lipinski definition) is 2. The van der Waals surface area contributed by atoms with Crippen LogP contribution in [0.15, 0.2) is 82.6 Å². The van der Waals surface area contributed by atoms with E-state index in [2.05, 4.69) is 24.3 Å². The predicted molar refractivity (Wildman–Crippen MR) is 107 cm³/mol. The molecule has 0 aliphatic carbocycles. The van der Waals surface area contributed by atoms with E-state index in [1.165, 1.54) is 0 Å². The fourth-order valence-electron chi connectivity index (χ4n) is 2.80. The minimum atomic E-state index is -0.433. The number of hydroxylamine groups is 1. The van der Waals surface area contributed by atoms with Gasteiger partial charge in [-0.15, -0.1) is 0 Å². The van der Waals surface area contributed by atoms with E-state index in [4.69, 9.17) is 9.94 Å². The summed E-state index contributed by atoms with van der Waals surface area (Å²) in [7, 11) is 1.66. The highest BCUT2D eigenvalue weighted by molar-refractivity contribution is 7.99. The standard InChI is InChI=1S/C22H21NO3S/c1-15(22(24)23-25)20-5-3-4-6-21(20)27-19-13-9-17(10-14-19)16-7-11-18(26-2)12-8-16/h3-15,25H,1-2H3,(H,23,24). The molecule has 3 rings (SSSR count). The van der Waals surface area contributed by atoms with Crippen LogP contribution in [0.3, 0.4) is 0 Å². The molecule has 0 aliphatic rings. The Morgan fingerprint density at radius 2 is 1.56 bits per heavy atom. The van der Waals surface area contributed by atoms with E-state index in [9.17, 15) is 4.79 Å². The highest BCUT2D eigenvalue weighted by Gasteiger charge is 2.18. The maximum absolute atomic E-state index is 11.8. The highest BCUT2D eigenvalue weighted by Crippen LogP contribution is 2.35. The lowest BCUT2D eigenvalue weighted by Gasteiger charge is -2.14. The molecule has 0 bridgehead atoms. The number of methoxy groups -OCH3 is 1. The summed E-state index contributed by atoms with van der Waals surface area (Å²) in [6, 6.07) is 24.0. The molecule has 0 saturated heterocycles. The lowest BCUT2D eigenvalue weighted by molar-refractivity contribution is -0.130. The molecule has 2 N–H and O–H groups in total. The number of hydrogen-bond acceptors (Lipinski definition) is 4. The van der Waals surface area contributed by atoms with Crippen molar-refractivity contribution in [3.05, 3.63) is 78.4 Å². The first-order valence-electron chi connectivity index (χ1n) is 8.57. The number of carbonyl (C=O) groups excluding carboxylic acids is 1. The van der Waals surface area contributed by atoms with Crippen LogP contribution in [0, 0.1) is 0 Å². The molecule has 3 aromatic carbocycles. The summed E-state index contributed by atoms with van der Waals surface area (Å²) in [4.78, 5) is 13.9. The minimum Gasteiger partial charge on any atom is -0.497 e. The number of amides is 1. The monoisotopic (exact) mass is 379 g/mol. The second-order valence-corrected chi connectivity index (χ2v) is 7.21. The van der Waals surface area contributed by atoms with Gasteiger partial charge in [0.2, 0.25) is 0 Å². The van der Waals surface area contributed by atoms with Gasteiger partial charge >= 0.3 is 0 Å². The molecule has 27 heavy (non-hydrogen) atoms. The molecule has 0 spiro atoms. The van der Waals surface area contributed by atoms with Crippen molar-refractivity contribution in [2.75, 3.05) is 7.11 Å². The van der Waals surface area contributed by atoms with E-state index in [0.29, 0.717) is 0 Å². The number of benzene rings is 3. The van der Waals surface area contributed by atoms with Crippen LogP contribution in [0.1, 0.15) is 18.4 Å². The Kier molecular flexibility index (Phi) is 6.16. The third kappa shape index (κ3) is 4.51. The van der Waals surface area contributed by atoms with E-state index < -0.39 is 11.8 Å². The Morgan fingerprint density at radius 1 is 0.963 bits per heavy atom. The van der Waals surface area contributed by atoms with Crippen LogP contribution >= 0.6 is 11.8 Å². The summed E-state index contributed by atoms with van der Waals surface area (Å²) in [6.07, 6.45) is 0. The first kappa shape index (κ1) is 19.0.